The molecule has 2 aromatic rings. The van der Waals surface area contributed by atoms with Crippen molar-refractivity contribution in [1.82, 2.24) is 0 Å². The van der Waals surface area contributed by atoms with Crippen LogP contribution in [-0.2, 0) is 0 Å². The maximum absolute atomic E-state index is 8.87. The molecule has 2 aromatic carbocycles. The molecule has 0 bridgehead atoms. The Labute approximate surface area is 106 Å². The summed E-state index contributed by atoms with van der Waals surface area (Å²) in [5.41, 5.74) is 9.08. The number of nitrogens with two attached hydrogens (primary N) is 1. The Morgan fingerprint density at radius 3 is 2.56 bits per heavy atom. The monoisotopic (exact) mass is 238 g/mol. The van der Waals surface area contributed by atoms with Gasteiger partial charge in [-0.1, -0.05) is 6.07 Å². The first-order valence-corrected chi connectivity index (χ1v) is 5.65. The molecule has 90 valence electrons. The highest BCUT2D eigenvalue weighted by atomic mass is 16.5. The summed E-state index contributed by atoms with van der Waals surface area (Å²) in [4.78, 5) is 0. The molecule has 0 saturated heterocycles. The van der Waals surface area contributed by atoms with E-state index in [1.807, 2.05) is 38.1 Å². The Morgan fingerprint density at radius 1 is 1.11 bits per heavy atom. The lowest BCUT2D eigenvalue weighted by Crippen LogP contribution is -1.93. The molecule has 0 aliphatic heterocycles. The van der Waals surface area contributed by atoms with Crippen molar-refractivity contribution in [2.75, 3.05) is 5.73 Å². The lowest BCUT2D eigenvalue weighted by molar-refractivity contribution is 0.484. The summed E-state index contributed by atoms with van der Waals surface area (Å²) in [5.74, 6) is 1.32. The van der Waals surface area contributed by atoms with Crippen LogP contribution in [-0.4, -0.2) is 0 Å². The molecule has 0 spiro atoms. The molecule has 0 radical (unpaired) electrons. The minimum atomic E-state index is 0.600. The Morgan fingerprint density at radius 2 is 1.89 bits per heavy atom. The Bertz CT molecular complexity index is 627. The van der Waals surface area contributed by atoms with Crippen LogP contribution in [0.2, 0.25) is 0 Å². The van der Waals surface area contributed by atoms with Gasteiger partial charge in [0, 0.05) is 0 Å². The minimum absolute atomic E-state index is 0.600. The van der Waals surface area contributed by atoms with E-state index in [0.717, 1.165) is 11.1 Å². The van der Waals surface area contributed by atoms with Gasteiger partial charge in [0.1, 0.15) is 5.75 Å². The number of nitrogen functional groups attached to an aromatic ring is 1. The van der Waals surface area contributed by atoms with E-state index in [0.29, 0.717) is 22.7 Å². The van der Waals surface area contributed by atoms with Crippen LogP contribution in [0.3, 0.4) is 0 Å². The zero-order valence-corrected chi connectivity index (χ0v) is 10.4. The standard InChI is InChI=1S/C15H14N2O/c1-10-3-6-14(17)15(7-10)18-13-5-4-12(9-16)11(2)8-13/h3-8H,17H2,1-2H3. The molecular formula is C15H14N2O. The average Bonchev–Trinajstić information content (AvgIpc) is 2.34. The lowest BCUT2D eigenvalue weighted by Gasteiger charge is -2.10. The van der Waals surface area contributed by atoms with Gasteiger partial charge >= 0.3 is 0 Å². The van der Waals surface area contributed by atoms with Crippen molar-refractivity contribution in [2.24, 2.45) is 0 Å². The minimum Gasteiger partial charge on any atom is -0.455 e. The Balaban J connectivity index is 2.32. The second-order valence-electron chi connectivity index (χ2n) is 4.23. The molecule has 0 aromatic heterocycles. The molecular weight excluding hydrogens is 224 g/mol. The fourth-order valence-electron chi connectivity index (χ4n) is 1.68. The lowest BCUT2D eigenvalue weighted by atomic mass is 10.1. The molecule has 0 saturated carbocycles. The smallest absolute Gasteiger partial charge is 0.150 e. The van der Waals surface area contributed by atoms with Gasteiger partial charge in [0.25, 0.3) is 0 Å². The van der Waals surface area contributed by atoms with E-state index in [1.54, 1.807) is 12.1 Å². The van der Waals surface area contributed by atoms with Crippen LogP contribution in [0.5, 0.6) is 11.5 Å². The summed E-state index contributed by atoms with van der Waals surface area (Å²) >= 11 is 0. The zero-order chi connectivity index (χ0) is 13.1. The maximum Gasteiger partial charge on any atom is 0.150 e. The predicted octanol–water partition coefficient (Wildman–Crippen LogP) is 3.55. The van der Waals surface area contributed by atoms with Crippen LogP contribution in [0.4, 0.5) is 5.69 Å². The molecule has 3 nitrogen and oxygen atoms in total. The molecule has 18 heavy (non-hydrogen) atoms. The molecule has 2 N–H and O–H groups in total. The average molecular weight is 238 g/mol. The topological polar surface area (TPSA) is 59.0 Å². The van der Waals surface area contributed by atoms with Crippen molar-refractivity contribution in [3.8, 4) is 17.6 Å². The number of nitrogens with zero attached hydrogens (tertiary/aromatic N) is 1. The Hall–Kier alpha value is -2.47. The quantitative estimate of drug-likeness (QED) is 0.814. The number of benzene rings is 2. The van der Waals surface area contributed by atoms with Gasteiger partial charge < -0.3 is 10.5 Å². The van der Waals surface area contributed by atoms with E-state index in [9.17, 15) is 0 Å². The third-order valence-electron chi connectivity index (χ3n) is 2.72. The van der Waals surface area contributed by atoms with E-state index in [-0.39, 0.29) is 0 Å². The largest absolute Gasteiger partial charge is 0.455 e. The first kappa shape index (κ1) is 12.0. The summed E-state index contributed by atoms with van der Waals surface area (Å²) in [5, 5.41) is 8.87. The van der Waals surface area contributed by atoms with E-state index in [4.69, 9.17) is 15.7 Å². The highest BCUT2D eigenvalue weighted by molar-refractivity contribution is 5.55. The van der Waals surface area contributed by atoms with Gasteiger partial charge in [0.05, 0.1) is 17.3 Å². The molecule has 0 amide bonds. The second kappa shape index (κ2) is 4.80. The van der Waals surface area contributed by atoms with E-state index < -0.39 is 0 Å². The normalized spacial score (nSPS) is 9.83. The van der Waals surface area contributed by atoms with Crippen molar-refractivity contribution >= 4 is 5.69 Å². The fraction of sp³-hybridized carbons (Fsp3) is 0.133. The summed E-state index contributed by atoms with van der Waals surface area (Å²) < 4.78 is 5.74. The third kappa shape index (κ3) is 2.44. The maximum atomic E-state index is 8.87. The highest BCUT2D eigenvalue weighted by Crippen LogP contribution is 2.29. The molecule has 0 fully saturated rings. The summed E-state index contributed by atoms with van der Waals surface area (Å²) in [6, 6.07) is 13.1. The van der Waals surface area contributed by atoms with E-state index in [1.165, 1.54) is 0 Å². The van der Waals surface area contributed by atoms with Crippen LogP contribution in [0, 0.1) is 25.2 Å². The predicted molar refractivity (Wildman–Crippen MR) is 71.6 cm³/mol. The van der Waals surface area contributed by atoms with Gasteiger partial charge in [-0.25, -0.2) is 0 Å². The first-order chi connectivity index (χ1) is 8.60. The number of anilines is 1. The molecule has 0 unspecified atom stereocenters. The summed E-state index contributed by atoms with van der Waals surface area (Å²) in [6.07, 6.45) is 0. The van der Waals surface area contributed by atoms with Gasteiger partial charge in [-0.05, 0) is 55.3 Å². The molecule has 0 aliphatic carbocycles. The Kier molecular flexibility index (Phi) is 3.20. The SMILES string of the molecule is Cc1ccc(N)c(Oc2ccc(C#N)c(C)c2)c1. The number of aryl methyl sites for hydroxylation is 2. The number of nitriles is 1. The van der Waals surface area contributed by atoms with Crippen LogP contribution in [0.15, 0.2) is 36.4 Å². The van der Waals surface area contributed by atoms with Gasteiger partial charge in [0.15, 0.2) is 5.75 Å². The van der Waals surface area contributed by atoms with Crippen molar-refractivity contribution in [3.63, 3.8) is 0 Å². The van der Waals surface area contributed by atoms with Gasteiger partial charge in [0.2, 0.25) is 0 Å². The molecule has 2 rings (SSSR count). The summed E-state index contributed by atoms with van der Waals surface area (Å²) in [7, 11) is 0. The van der Waals surface area contributed by atoms with Gasteiger partial charge in [-0.15, -0.1) is 0 Å². The number of rotatable bonds is 2. The molecule has 3 heteroatoms. The van der Waals surface area contributed by atoms with Crippen molar-refractivity contribution in [3.05, 3.63) is 53.1 Å². The number of hydrogen-bond donors (Lipinski definition) is 1. The van der Waals surface area contributed by atoms with Crippen molar-refractivity contribution < 1.29 is 4.74 Å². The van der Waals surface area contributed by atoms with E-state index >= 15 is 0 Å². The number of hydrogen-bond acceptors (Lipinski definition) is 3. The highest BCUT2D eigenvalue weighted by Gasteiger charge is 2.04. The first-order valence-electron chi connectivity index (χ1n) is 5.65. The fourth-order valence-corrected chi connectivity index (χ4v) is 1.68. The van der Waals surface area contributed by atoms with Crippen LogP contribution < -0.4 is 10.5 Å². The molecule has 0 heterocycles. The summed E-state index contributed by atoms with van der Waals surface area (Å²) in [6.45, 7) is 3.86. The third-order valence-corrected chi connectivity index (χ3v) is 2.72. The van der Waals surface area contributed by atoms with Crippen LogP contribution in [0.25, 0.3) is 0 Å². The van der Waals surface area contributed by atoms with E-state index in [2.05, 4.69) is 6.07 Å². The molecule has 0 atom stereocenters. The second-order valence-corrected chi connectivity index (χ2v) is 4.23. The number of ether oxygens (including phenoxy) is 1. The van der Waals surface area contributed by atoms with Gasteiger partial charge in [-0.2, -0.15) is 5.26 Å². The van der Waals surface area contributed by atoms with Crippen LogP contribution >= 0.6 is 0 Å². The van der Waals surface area contributed by atoms with Crippen LogP contribution in [0.1, 0.15) is 16.7 Å². The zero-order valence-electron chi connectivity index (χ0n) is 10.4. The van der Waals surface area contributed by atoms with Gasteiger partial charge in [-0.3, -0.25) is 0 Å². The molecule has 0 aliphatic rings. The van der Waals surface area contributed by atoms with Crippen molar-refractivity contribution in [1.29, 1.82) is 5.26 Å². The van der Waals surface area contributed by atoms with Crippen molar-refractivity contribution in [2.45, 2.75) is 13.8 Å².